The van der Waals surface area contributed by atoms with E-state index in [9.17, 15) is 5.11 Å². The molecule has 0 spiro atoms. The molecule has 90 valence electrons. The summed E-state index contributed by atoms with van der Waals surface area (Å²) in [7, 11) is -1.39. The Morgan fingerprint density at radius 2 is 1.47 bits per heavy atom. The number of aliphatic hydroxyl groups excluding tert-OH is 1. The molecule has 1 N–H and O–H groups in total. The first-order chi connectivity index (χ1) is 6.63. The van der Waals surface area contributed by atoms with Crippen molar-refractivity contribution in [2.75, 3.05) is 0 Å². The van der Waals surface area contributed by atoms with Gasteiger partial charge in [-0.1, -0.05) is 47.3 Å². The van der Waals surface area contributed by atoms with Crippen molar-refractivity contribution < 1.29 is 9.84 Å². The summed E-state index contributed by atoms with van der Waals surface area (Å²) in [5.74, 6) is 0.950. The highest BCUT2D eigenvalue weighted by Crippen LogP contribution is 2.19. The Balaban J connectivity index is 4.49. The maximum atomic E-state index is 9.73. The van der Waals surface area contributed by atoms with Crippen molar-refractivity contribution in [1.82, 2.24) is 0 Å². The fourth-order valence-electron chi connectivity index (χ4n) is 1.59. The standard InChI is InChI=1S/C12H26O2Si/c1-9(2)12(10(3)4)14-11(13)8-15(5,6)7/h8-10,12-13H,1-7H3/b11-8+. The predicted molar refractivity (Wildman–Crippen MR) is 68.6 cm³/mol. The van der Waals surface area contributed by atoms with E-state index >= 15 is 0 Å². The second kappa shape index (κ2) is 5.59. The van der Waals surface area contributed by atoms with Gasteiger partial charge >= 0.3 is 0 Å². The third-order valence-corrected chi connectivity index (χ3v) is 3.24. The summed E-state index contributed by atoms with van der Waals surface area (Å²) in [5.41, 5.74) is 1.89. The third-order valence-electron chi connectivity index (χ3n) is 2.13. The molecule has 0 amide bonds. The number of hydrogen-bond acceptors (Lipinski definition) is 2. The monoisotopic (exact) mass is 230 g/mol. The first-order valence-electron chi connectivity index (χ1n) is 5.72. The number of rotatable bonds is 5. The average molecular weight is 230 g/mol. The van der Waals surface area contributed by atoms with E-state index in [2.05, 4.69) is 47.3 Å². The Hall–Kier alpha value is -0.443. The number of aliphatic hydroxyl groups is 1. The molecule has 3 heteroatoms. The van der Waals surface area contributed by atoms with Crippen LogP contribution < -0.4 is 0 Å². The molecule has 0 unspecified atom stereocenters. The molecule has 0 fully saturated rings. The van der Waals surface area contributed by atoms with Gasteiger partial charge in [0.05, 0.1) is 8.07 Å². The first kappa shape index (κ1) is 14.6. The van der Waals surface area contributed by atoms with Gasteiger partial charge in [0.15, 0.2) is 0 Å². The van der Waals surface area contributed by atoms with Gasteiger partial charge < -0.3 is 9.84 Å². The largest absolute Gasteiger partial charge is 0.481 e. The summed E-state index contributed by atoms with van der Waals surface area (Å²) >= 11 is 0. The fourth-order valence-corrected chi connectivity index (χ4v) is 2.39. The lowest BCUT2D eigenvalue weighted by molar-refractivity contribution is -0.0176. The van der Waals surface area contributed by atoms with Gasteiger partial charge in [-0.2, -0.15) is 0 Å². The lowest BCUT2D eigenvalue weighted by Crippen LogP contribution is -2.27. The van der Waals surface area contributed by atoms with Crippen LogP contribution in [0.1, 0.15) is 27.7 Å². The first-order valence-corrected chi connectivity index (χ1v) is 9.29. The number of ether oxygens (including phenoxy) is 1. The van der Waals surface area contributed by atoms with Crippen LogP contribution in [0.3, 0.4) is 0 Å². The van der Waals surface area contributed by atoms with Crippen molar-refractivity contribution in [3.05, 3.63) is 11.6 Å². The molecule has 15 heavy (non-hydrogen) atoms. The Bertz CT molecular complexity index is 206. The van der Waals surface area contributed by atoms with Gasteiger partial charge in [0.2, 0.25) is 0 Å². The van der Waals surface area contributed by atoms with Crippen molar-refractivity contribution in [2.24, 2.45) is 11.8 Å². The maximum Gasteiger partial charge on any atom is 0.268 e. The quantitative estimate of drug-likeness (QED) is 0.572. The molecule has 0 aliphatic heterocycles. The minimum atomic E-state index is -1.39. The minimum absolute atomic E-state index is 0.0950. The molecule has 0 saturated carbocycles. The van der Waals surface area contributed by atoms with Gasteiger partial charge in [-0.15, -0.1) is 0 Å². The molecule has 0 aromatic carbocycles. The van der Waals surface area contributed by atoms with E-state index in [0.29, 0.717) is 11.8 Å². The SMILES string of the molecule is CC(C)C(O/C(O)=C/[Si](C)(C)C)C(C)C. The van der Waals surface area contributed by atoms with Crippen LogP contribution in [0.2, 0.25) is 19.6 Å². The van der Waals surface area contributed by atoms with Gasteiger partial charge in [-0.05, 0) is 17.5 Å². The van der Waals surface area contributed by atoms with Crippen LogP contribution in [0.25, 0.3) is 0 Å². The van der Waals surface area contributed by atoms with Crippen molar-refractivity contribution in [1.29, 1.82) is 0 Å². The van der Waals surface area contributed by atoms with Crippen LogP contribution in [0.4, 0.5) is 0 Å². The lowest BCUT2D eigenvalue weighted by atomic mass is 9.96. The predicted octanol–water partition coefficient (Wildman–Crippen LogP) is 3.96. The van der Waals surface area contributed by atoms with Gasteiger partial charge in [0.25, 0.3) is 5.95 Å². The smallest absolute Gasteiger partial charge is 0.268 e. The second-order valence-electron chi connectivity index (χ2n) is 5.92. The molecule has 0 aromatic heterocycles. The summed E-state index contributed by atoms with van der Waals surface area (Å²) < 4.78 is 5.60. The summed E-state index contributed by atoms with van der Waals surface area (Å²) in [6, 6.07) is 0. The Labute approximate surface area is 95.4 Å². The lowest BCUT2D eigenvalue weighted by Gasteiger charge is -2.26. The average Bonchev–Trinajstić information content (AvgIpc) is 1.95. The van der Waals surface area contributed by atoms with Crippen molar-refractivity contribution >= 4 is 8.07 Å². The van der Waals surface area contributed by atoms with Crippen molar-refractivity contribution in [3.63, 3.8) is 0 Å². The molecule has 0 atom stereocenters. The highest BCUT2D eigenvalue weighted by molar-refractivity contribution is 6.81. The summed E-state index contributed by atoms with van der Waals surface area (Å²) in [6.45, 7) is 15.0. The number of hydrogen-bond donors (Lipinski definition) is 1. The Kier molecular flexibility index (Phi) is 5.42. The zero-order valence-corrected chi connectivity index (χ0v) is 12.2. The van der Waals surface area contributed by atoms with Crippen LogP contribution in [0.5, 0.6) is 0 Å². The van der Waals surface area contributed by atoms with E-state index in [1.54, 1.807) is 0 Å². The van der Waals surface area contributed by atoms with Crippen molar-refractivity contribution in [3.8, 4) is 0 Å². The zero-order valence-electron chi connectivity index (χ0n) is 11.2. The van der Waals surface area contributed by atoms with Gasteiger partial charge in [0.1, 0.15) is 6.10 Å². The fraction of sp³-hybridized carbons (Fsp3) is 0.833. The van der Waals surface area contributed by atoms with E-state index < -0.39 is 8.07 Å². The van der Waals surface area contributed by atoms with Gasteiger partial charge in [-0.25, -0.2) is 0 Å². The topological polar surface area (TPSA) is 29.5 Å². The molecule has 0 aromatic rings. The molecular weight excluding hydrogens is 204 g/mol. The van der Waals surface area contributed by atoms with E-state index in [1.165, 1.54) is 0 Å². The van der Waals surface area contributed by atoms with Crippen LogP contribution in [-0.4, -0.2) is 19.3 Å². The van der Waals surface area contributed by atoms with Crippen LogP contribution >= 0.6 is 0 Å². The molecule has 0 bridgehead atoms. The normalized spacial score (nSPS) is 14.1. The molecule has 2 nitrogen and oxygen atoms in total. The van der Waals surface area contributed by atoms with Gasteiger partial charge in [-0.3, -0.25) is 0 Å². The van der Waals surface area contributed by atoms with E-state index in [1.807, 2.05) is 5.70 Å². The molecule has 0 aliphatic rings. The second-order valence-corrected chi connectivity index (χ2v) is 10.9. The highest BCUT2D eigenvalue weighted by Gasteiger charge is 2.21. The zero-order chi connectivity index (χ0) is 12.2. The van der Waals surface area contributed by atoms with Crippen molar-refractivity contribution in [2.45, 2.75) is 53.4 Å². The maximum absolute atomic E-state index is 9.73. The Morgan fingerprint density at radius 1 is 1.07 bits per heavy atom. The molecule has 0 heterocycles. The van der Waals surface area contributed by atoms with Crippen LogP contribution in [0.15, 0.2) is 11.6 Å². The highest BCUT2D eigenvalue weighted by atomic mass is 28.3. The molecule has 0 radical (unpaired) electrons. The minimum Gasteiger partial charge on any atom is -0.481 e. The van der Waals surface area contributed by atoms with Crippen LogP contribution in [-0.2, 0) is 4.74 Å². The summed E-state index contributed by atoms with van der Waals surface area (Å²) in [5, 5.41) is 9.73. The van der Waals surface area contributed by atoms with E-state index in [0.717, 1.165) is 0 Å². The third kappa shape index (κ3) is 6.61. The molecule has 0 aliphatic carbocycles. The molecule has 0 saturated heterocycles. The van der Waals surface area contributed by atoms with E-state index in [4.69, 9.17) is 4.74 Å². The van der Waals surface area contributed by atoms with Gasteiger partial charge in [0, 0.05) is 0 Å². The molecular formula is C12H26O2Si. The summed E-state index contributed by atoms with van der Waals surface area (Å²) in [6.07, 6.45) is 0.0950. The molecule has 0 rings (SSSR count). The Morgan fingerprint density at radius 3 is 1.73 bits per heavy atom. The van der Waals surface area contributed by atoms with Crippen LogP contribution in [0, 0.1) is 11.8 Å². The summed E-state index contributed by atoms with van der Waals surface area (Å²) in [4.78, 5) is 0. The van der Waals surface area contributed by atoms with E-state index in [-0.39, 0.29) is 12.0 Å².